The average molecular weight is 272 g/mol. The molecule has 0 saturated heterocycles. The van der Waals surface area contributed by atoms with E-state index in [-0.39, 0.29) is 0 Å². The molecular weight excluding hydrogens is 248 g/mol. The minimum absolute atomic E-state index is 0.475. The lowest BCUT2D eigenvalue weighted by Gasteiger charge is -2.23. The van der Waals surface area contributed by atoms with Crippen LogP contribution in [0.25, 0.3) is 0 Å². The number of nitrogens with zero attached hydrogens (tertiary/aromatic N) is 1. The molecule has 0 spiro atoms. The van der Waals surface area contributed by atoms with Crippen molar-refractivity contribution in [2.24, 2.45) is 0 Å². The maximum Gasteiger partial charge on any atom is 0.119 e. The fourth-order valence-corrected chi connectivity index (χ4v) is 2.17. The Kier molecular flexibility index (Phi) is 4.67. The van der Waals surface area contributed by atoms with Crippen LogP contribution in [0.3, 0.4) is 0 Å². The maximum absolute atomic E-state index is 9.31. The van der Waals surface area contributed by atoms with Crippen molar-refractivity contribution >= 4 is 0 Å². The highest BCUT2D eigenvalue weighted by Crippen LogP contribution is 2.24. The SMILES string of the molecule is CC(C)c1cccc(OCCC(C)(C#N)NC2CC2)c1. The van der Waals surface area contributed by atoms with Gasteiger partial charge in [-0.3, -0.25) is 5.32 Å². The van der Waals surface area contributed by atoms with Gasteiger partial charge in [-0.25, -0.2) is 0 Å². The van der Waals surface area contributed by atoms with Crippen molar-refractivity contribution in [1.82, 2.24) is 5.32 Å². The lowest BCUT2D eigenvalue weighted by Crippen LogP contribution is -2.43. The van der Waals surface area contributed by atoms with Crippen LogP contribution in [0.4, 0.5) is 0 Å². The molecule has 1 N–H and O–H groups in total. The van der Waals surface area contributed by atoms with Gasteiger partial charge < -0.3 is 4.74 Å². The van der Waals surface area contributed by atoms with Crippen LogP contribution in [-0.2, 0) is 0 Å². The van der Waals surface area contributed by atoms with E-state index in [9.17, 15) is 5.26 Å². The number of hydrogen-bond donors (Lipinski definition) is 1. The van der Waals surface area contributed by atoms with Gasteiger partial charge in [0.05, 0.1) is 12.7 Å². The van der Waals surface area contributed by atoms with E-state index in [1.165, 1.54) is 18.4 Å². The molecule has 1 saturated carbocycles. The van der Waals surface area contributed by atoms with E-state index in [4.69, 9.17) is 4.74 Å². The van der Waals surface area contributed by atoms with Crippen LogP contribution in [-0.4, -0.2) is 18.2 Å². The fraction of sp³-hybridized carbons (Fsp3) is 0.588. The summed E-state index contributed by atoms with van der Waals surface area (Å²) >= 11 is 0. The summed E-state index contributed by atoms with van der Waals surface area (Å²) in [5.74, 6) is 1.39. The molecule has 1 fully saturated rings. The van der Waals surface area contributed by atoms with E-state index in [2.05, 4.69) is 37.4 Å². The summed E-state index contributed by atoms with van der Waals surface area (Å²) in [4.78, 5) is 0. The second kappa shape index (κ2) is 6.28. The van der Waals surface area contributed by atoms with Gasteiger partial charge in [0.15, 0.2) is 0 Å². The molecule has 0 amide bonds. The molecule has 3 heteroatoms. The molecule has 2 rings (SSSR count). The molecule has 1 aromatic rings. The van der Waals surface area contributed by atoms with Crippen LogP contribution in [0, 0.1) is 11.3 Å². The third-order valence-electron chi connectivity index (χ3n) is 3.74. The number of rotatable bonds is 7. The smallest absolute Gasteiger partial charge is 0.119 e. The van der Waals surface area contributed by atoms with Crippen LogP contribution < -0.4 is 10.1 Å². The first-order valence-corrected chi connectivity index (χ1v) is 7.44. The largest absolute Gasteiger partial charge is 0.493 e. The summed E-state index contributed by atoms with van der Waals surface area (Å²) in [7, 11) is 0. The van der Waals surface area contributed by atoms with E-state index in [1.807, 2.05) is 19.1 Å². The van der Waals surface area contributed by atoms with Gasteiger partial charge in [-0.05, 0) is 43.4 Å². The number of nitriles is 1. The average Bonchev–Trinajstić information content (AvgIpc) is 3.23. The molecule has 3 nitrogen and oxygen atoms in total. The molecule has 0 aromatic heterocycles. The Labute approximate surface area is 121 Å². The van der Waals surface area contributed by atoms with E-state index in [0.717, 1.165) is 5.75 Å². The zero-order chi connectivity index (χ0) is 14.6. The van der Waals surface area contributed by atoms with Crippen molar-refractivity contribution in [3.63, 3.8) is 0 Å². The Bertz CT molecular complexity index is 488. The molecule has 0 bridgehead atoms. The third-order valence-corrected chi connectivity index (χ3v) is 3.74. The first-order chi connectivity index (χ1) is 9.52. The lowest BCUT2D eigenvalue weighted by atomic mass is 10.0. The van der Waals surface area contributed by atoms with Crippen LogP contribution in [0.5, 0.6) is 5.75 Å². The highest BCUT2D eigenvalue weighted by atomic mass is 16.5. The number of nitrogens with one attached hydrogen (secondary N) is 1. The van der Waals surface area contributed by atoms with Gasteiger partial charge in [0.25, 0.3) is 0 Å². The molecule has 1 aromatic carbocycles. The Morgan fingerprint density at radius 1 is 1.45 bits per heavy atom. The predicted octanol–water partition coefficient (Wildman–Crippen LogP) is 3.61. The van der Waals surface area contributed by atoms with Crippen molar-refractivity contribution < 1.29 is 4.74 Å². The van der Waals surface area contributed by atoms with Gasteiger partial charge in [-0.15, -0.1) is 0 Å². The standard InChI is InChI=1S/C17H24N2O/c1-13(2)14-5-4-6-16(11-14)20-10-9-17(3,12-18)19-15-7-8-15/h4-6,11,13,15,19H,7-10H2,1-3H3. The van der Waals surface area contributed by atoms with Gasteiger partial charge in [0.2, 0.25) is 0 Å². The molecule has 1 aliphatic carbocycles. The topological polar surface area (TPSA) is 45.0 Å². The molecule has 1 atom stereocenters. The Balaban J connectivity index is 1.85. The van der Waals surface area contributed by atoms with Crippen LogP contribution in [0.2, 0.25) is 0 Å². The molecular formula is C17H24N2O. The van der Waals surface area contributed by atoms with Gasteiger partial charge in [-0.1, -0.05) is 26.0 Å². The quantitative estimate of drug-likeness (QED) is 0.824. The van der Waals surface area contributed by atoms with E-state index in [0.29, 0.717) is 25.0 Å². The van der Waals surface area contributed by atoms with Crippen molar-refractivity contribution in [3.05, 3.63) is 29.8 Å². The normalized spacial score (nSPS) is 17.6. The molecule has 1 aliphatic rings. The number of benzene rings is 1. The first-order valence-electron chi connectivity index (χ1n) is 7.44. The summed E-state index contributed by atoms with van der Waals surface area (Å²) < 4.78 is 5.81. The highest BCUT2D eigenvalue weighted by molar-refractivity contribution is 5.30. The van der Waals surface area contributed by atoms with Crippen LogP contribution in [0.1, 0.15) is 51.5 Å². The zero-order valence-electron chi connectivity index (χ0n) is 12.6. The molecule has 108 valence electrons. The maximum atomic E-state index is 9.31. The molecule has 20 heavy (non-hydrogen) atoms. The van der Waals surface area contributed by atoms with Gasteiger partial charge >= 0.3 is 0 Å². The molecule has 0 aliphatic heterocycles. The molecule has 0 heterocycles. The minimum Gasteiger partial charge on any atom is -0.493 e. The summed E-state index contributed by atoms with van der Waals surface area (Å²) in [6, 6.07) is 11.1. The first kappa shape index (κ1) is 14.9. The van der Waals surface area contributed by atoms with E-state index >= 15 is 0 Å². The zero-order valence-corrected chi connectivity index (χ0v) is 12.6. The van der Waals surface area contributed by atoms with E-state index < -0.39 is 5.54 Å². The lowest BCUT2D eigenvalue weighted by molar-refractivity contribution is 0.266. The fourth-order valence-electron chi connectivity index (χ4n) is 2.17. The minimum atomic E-state index is -0.475. The predicted molar refractivity (Wildman–Crippen MR) is 80.8 cm³/mol. The number of ether oxygens (including phenoxy) is 1. The molecule has 0 radical (unpaired) electrons. The monoisotopic (exact) mass is 272 g/mol. The summed E-state index contributed by atoms with van der Waals surface area (Å²) in [6.45, 7) is 6.86. The highest BCUT2D eigenvalue weighted by Gasteiger charge is 2.32. The summed E-state index contributed by atoms with van der Waals surface area (Å²) in [5, 5.41) is 12.7. The van der Waals surface area contributed by atoms with Crippen molar-refractivity contribution in [1.29, 1.82) is 5.26 Å². The van der Waals surface area contributed by atoms with Crippen LogP contribution >= 0.6 is 0 Å². The Morgan fingerprint density at radius 3 is 2.80 bits per heavy atom. The van der Waals surface area contributed by atoms with Crippen molar-refractivity contribution in [2.75, 3.05) is 6.61 Å². The summed E-state index contributed by atoms with van der Waals surface area (Å²) in [6.07, 6.45) is 3.08. The Morgan fingerprint density at radius 2 is 2.20 bits per heavy atom. The second-order valence-electron chi connectivity index (χ2n) is 6.19. The van der Waals surface area contributed by atoms with Crippen molar-refractivity contribution in [3.8, 4) is 11.8 Å². The number of hydrogen-bond acceptors (Lipinski definition) is 3. The Hall–Kier alpha value is -1.53. The molecule has 1 unspecified atom stereocenters. The van der Waals surface area contributed by atoms with E-state index in [1.54, 1.807) is 0 Å². The second-order valence-corrected chi connectivity index (χ2v) is 6.19. The van der Waals surface area contributed by atoms with Gasteiger partial charge in [0, 0.05) is 12.5 Å². The summed E-state index contributed by atoms with van der Waals surface area (Å²) in [5.41, 5.74) is 0.804. The third kappa shape index (κ3) is 4.25. The van der Waals surface area contributed by atoms with Gasteiger partial charge in [0.1, 0.15) is 11.3 Å². The van der Waals surface area contributed by atoms with Crippen LogP contribution in [0.15, 0.2) is 24.3 Å². The van der Waals surface area contributed by atoms with Gasteiger partial charge in [-0.2, -0.15) is 5.26 Å². The van der Waals surface area contributed by atoms with Crippen molar-refractivity contribution in [2.45, 2.75) is 57.5 Å².